The van der Waals surface area contributed by atoms with Gasteiger partial charge in [0.15, 0.2) is 11.5 Å². The zero-order chi connectivity index (χ0) is 18.4. The van der Waals surface area contributed by atoms with Gasteiger partial charge in [-0.25, -0.2) is 5.01 Å². The zero-order valence-electron chi connectivity index (χ0n) is 14.9. The topological polar surface area (TPSA) is 59.1 Å². The Morgan fingerprint density at radius 1 is 0.889 bits per heavy atom. The minimum Gasteiger partial charge on any atom is -0.454 e. The lowest BCUT2D eigenvalue weighted by Gasteiger charge is -2.31. The van der Waals surface area contributed by atoms with E-state index in [2.05, 4.69) is 0 Å². The summed E-state index contributed by atoms with van der Waals surface area (Å²) >= 11 is 0. The average Bonchev–Trinajstić information content (AvgIpc) is 3.15. The van der Waals surface area contributed by atoms with Crippen LogP contribution in [0.2, 0.25) is 0 Å². The molecule has 5 rings (SSSR count). The number of nitrogens with zero attached hydrogens (tertiary/aromatic N) is 2. The molecule has 0 unspecified atom stereocenters. The summed E-state index contributed by atoms with van der Waals surface area (Å²) in [5, 5.41) is 3.23. The molecule has 2 heterocycles. The molecule has 0 spiro atoms. The summed E-state index contributed by atoms with van der Waals surface area (Å²) in [5.74, 6) is 1.06. The van der Waals surface area contributed by atoms with Crippen LogP contribution in [0.25, 0.3) is 0 Å². The van der Waals surface area contributed by atoms with Crippen molar-refractivity contribution in [2.75, 3.05) is 19.9 Å². The van der Waals surface area contributed by atoms with Crippen LogP contribution in [0.4, 0.5) is 0 Å². The fourth-order valence-electron chi connectivity index (χ4n) is 3.97. The minimum absolute atomic E-state index is 0.0280. The molecule has 2 fully saturated rings. The number of benzene rings is 2. The smallest absolute Gasteiger partial charge is 0.272 e. The van der Waals surface area contributed by atoms with E-state index in [9.17, 15) is 9.59 Å². The number of fused-ring (bicyclic) bond motifs is 1. The molecule has 27 heavy (non-hydrogen) atoms. The number of rotatable bonds is 3. The zero-order valence-corrected chi connectivity index (χ0v) is 14.9. The minimum atomic E-state index is -0.473. The van der Waals surface area contributed by atoms with E-state index in [4.69, 9.17) is 9.47 Å². The number of ether oxygens (including phenoxy) is 2. The number of hydrogen-bond donors (Lipinski definition) is 0. The van der Waals surface area contributed by atoms with Gasteiger partial charge in [0.2, 0.25) is 6.79 Å². The van der Waals surface area contributed by atoms with Gasteiger partial charge in [0.05, 0.1) is 5.41 Å². The van der Waals surface area contributed by atoms with Crippen LogP contribution in [0.5, 0.6) is 11.5 Å². The molecule has 0 aromatic heterocycles. The lowest BCUT2D eigenvalue weighted by Crippen LogP contribution is -2.48. The van der Waals surface area contributed by atoms with Crippen molar-refractivity contribution < 1.29 is 19.1 Å². The monoisotopic (exact) mass is 364 g/mol. The molecule has 1 saturated carbocycles. The second kappa shape index (κ2) is 6.01. The Labute approximate surface area is 157 Å². The Balaban J connectivity index is 1.41. The first-order valence-corrected chi connectivity index (χ1v) is 9.28. The van der Waals surface area contributed by atoms with Crippen LogP contribution in [0.15, 0.2) is 48.5 Å². The highest BCUT2D eigenvalue weighted by molar-refractivity contribution is 5.98. The summed E-state index contributed by atoms with van der Waals surface area (Å²) < 4.78 is 10.7. The van der Waals surface area contributed by atoms with Gasteiger partial charge in [0.25, 0.3) is 11.8 Å². The van der Waals surface area contributed by atoms with E-state index in [-0.39, 0.29) is 18.6 Å². The van der Waals surface area contributed by atoms with Crippen molar-refractivity contribution in [2.24, 2.45) is 0 Å². The standard InChI is InChI=1S/C21H20N2O4/c24-19(15-7-8-17-18(13-15)27-14-26-17)22-11-4-12-23(22)20(25)21(9-10-21)16-5-2-1-3-6-16/h1-3,5-8,13H,4,9-12,14H2. The first-order valence-electron chi connectivity index (χ1n) is 9.28. The molecular formula is C21H20N2O4. The predicted molar refractivity (Wildman–Crippen MR) is 97.3 cm³/mol. The van der Waals surface area contributed by atoms with E-state index in [1.54, 1.807) is 28.2 Å². The molecule has 3 aliphatic rings. The molecular weight excluding hydrogens is 344 g/mol. The maximum absolute atomic E-state index is 13.4. The summed E-state index contributed by atoms with van der Waals surface area (Å²) in [6.07, 6.45) is 2.45. The number of hydrazine groups is 1. The maximum Gasteiger partial charge on any atom is 0.272 e. The maximum atomic E-state index is 13.4. The number of carbonyl (C=O) groups is 2. The van der Waals surface area contributed by atoms with Gasteiger partial charge in [-0.05, 0) is 43.0 Å². The molecule has 6 nitrogen and oxygen atoms in total. The van der Waals surface area contributed by atoms with Crippen molar-refractivity contribution in [1.29, 1.82) is 0 Å². The first kappa shape index (κ1) is 16.2. The summed E-state index contributed by atoms with van der Waals surface area (Å²) in [5.41, 5.74) is 1.07. The molecule has 0 N–H and O–H groups in total. The average molecular weight is 364 g/mol. The van der Waals surface area contributed by atoms with E-state index < -0.39 is 5.41 Å². The Hall–Kier alpha value is -3.02. The molecule has 0 radical (unpaired) electrons. The van der Waals surface area contributed by atoms with Gasteiger partial charge >= 0.3 is 0 Å². The van der Waals surface area contributed by atoms with Crippen LogP contribution >= 0.6 is 0 Å². The van der Waals surface area contributed by atoms with Gasteiger partial charge in [0, 0.05) is 18.7 Å². The van der Waals surface area contributed by atoms with Crippen molar-refractivity contribution in [3.8, 4) is 11.5 Å². The van der Waals surface area contributed by atoms with Crippen LogP contribution in [0.3, 0.4) is 0 Å². The number of amides is 2. The second-order valence-electron chi connectivity index (χ2n) is 7.23. The third-order valence-corrected chi connectivity index (χ3v) is 5.61. The fraction of sp³-hybridized carbons (Fsp3) is 0.333. The highest BCUT2D eigenvalue weighted by atomic mass is 16.7. The van der Waals surface area contributed by atoms with E-state index in [0.717, 1.165) is 24.8 Å². The second-order valence-corrected chi connectivity index (χ2v) is 7.23. The molecule has 1 aliphatic carbocycles. The Morgan fingerprint density at radius 3 is 2.41 bits per heavy atom. The molecule has 2 aromatic rings. The van der Waals surface area contributed by atoms with Crippen molar-refractivity contribution in [2.45, 2.75) is 24.7 Å². The van der Waals surface area contributed by atoms with Gasteiger partial charge in [-0.2, -0.15) is 0 Å². The van der Waals surface area contributed by atoms with E-state index in [1.165, 1.54) is 0 Å². The first-order chi connectivity index (χ1) is 13.2. The molecule has 6 heteroatoms. The van der Waals surface area contributed by atoms with Crippen molar-refractivity contribution in [1.82, 2.24) is 10.0 Å². The van der Waals surface area contributed by atoms with E-state index >= 15 is 0 Å². The van der Waals surface area contributed by atoms with Crippen LogP contribution < -0.4 is 9.47 Å². The number of hydrogen-bond acceptors (Lipinski definition) is 4. The predicted octanol–water partition coefficient (Wildman–Crippen LogP) is 2.74. The summed E-state index contributed by atoms with van der Waals surface area (Å²) in [7, 11) is 0. The Morgan fingerprint density at radius 2 is 1.63 bits per heavy atom. The van der Waals surface area contributed by atoms with E-state index in [1.807, 2.05) is 30.3 Å². The fourth-order valence-corrected chi connectivity index (χ4v) is 3.97. The number of carbonyl (C=O) groups excluding carboxylic acids is 2. The lowest BCUT2D eigenvalue weighted by molar-refractivity contribution is -0.143. The molecule has 0 bridgehead atoms. The molecule has 2 aromatic carbocycles. The molecule has 1 saturated heterocycles. The molecule has 2 amide bonds. The van der Waals surface area contributed by atoms with Gasteiger partial charge in [-0.3, -0.25) is 14.6 Å². The SMILES string of the molecule is O=C(c1ccc2c(c1)OCO2)N1CCCN1C(=O)C1(c2ccccc2)CC1. The lowest BCUT2D eigenvalue weighted by atomic mass is 9.95. The largest absolute Gasteiger partial charge is 0.454 e. The molecule has 2 aliphatic heterocycles. The third-order valence-electron chi connectivity index (χ3n) is 5.61. The van der Waals surface area contributed by atoms with Crippen LogP contribution in [0.1, 0.15) is 35.2 Å². The van der Waals surface area contributed by atoms with Gasteiger partial charge in [-0.15, -0.1) is 0 Å². The third kappa shape index (κ3) is 2.55. The highest BCUT2D eigenvalue weighted by Crippen LogP contribution is 2.50. The van der Waals surface area contributed by atoms with E-state index in [0.29, 0.717) is 30.2 Å². The van der Waals surface area contributed by atoms with Crippen molar-refractivity contribution in [3.05, 3.63) is 59.7 Å². The van der Waals surface area contributed by atoms with Crippen LogP contribution in [-0.4, -0.2) is 41.7 Å². The van der Waals surface area contributed by atoms with Crippen LogP contribution in [-0.2, 0) is 10.2 Å². The van der Waals surface area contributed by atoms with Gasteiger partial charge < -0.3 is 9.47 Å². The normalized spacial score (nSPS) is 19.3. The molecule has 138 valence electrons. The summed E-state index contributed by atoms with van der Waals surface area (Å²) in [6.45, 7) is 1.29. The van der Waals surface area contributed by atoms with Gasteiger partial charge in [0.1, 0.15) is 0 Å². The molecule has 0 atom stereocenters. The Bertz CT molecular complexity index is 908. The van der Waals surface area contributed by atoms with Gasteiger partial charge in [-0.1, -0.05) is 30.3 Å². The van der Waals surface area contributed by atoms with Crippen molar-refractivity contribution in [3.63, 3.8) is 0 Å². The quantitative estimate of drug-likeness (QED) is 0.840. The van der Waals surface area contributed by atoms with Crippen LogP contribution in [0, 0.1) is 0 Å². The Kier molecular flexibility index (Phi) is 3.60. The summed E-state index contributed by atoms with van der Waals surface area (Å²) in [4.78, 5) is 26.4. The van der Waals surface area contributed by atoms with Crippen molar-refractivity contribution >= 4 is 11.8 Å². The highest BCUT2D eigenvalue weighted by Gasteiger charge is 2.54. The summed E-state index contributed by atoms with van der Waals surface area (Å²) in [6, 6.07) is 15.0.